The van der Waals surface area contributed by atoms with Crippen LogP contribution in [0, 0.1) is 13.8 Å². The number of carbonyl (C=O) groups excluding carboxylic acids is 1. The maximum Gasteiger partial charge on any atom is 0.243 e. The molecule has 0 atom stereocenters. The maximum absolute atomic E-state index is 13.1. The first-order valence-electron chi connectivity index (χ1n) is 10.5. The number of aryl methyl sites for hydroxylation is 3. The third kappa shape index (κ3) is 4.15. The van der Waals surface area contributed by atoms with Crippen molar-refractivity contribution in [1.82, 2.24) is 9.21 Å². The average Bonchev–Trinajstić information content (AvgIpc) is 2.75. The number of hydrogen-bond donors (Lipinski definition) is 0. The van der Waals surface area contributed by atoms with Gasteiger partial charge < -0.3 is 4.90 Å². The predicted octanol–water partition coefficient (Wildman–Crippen LogP) is 2.59. The molecule has 2 aromatic carbocycles. The molecule has 0 bridgehead atoms. The van der Waals surface area contributed by atoms with Crippen molar-refractivity contribution in [3.63, 3.8) is 0 Å². The van der Waals surface area contributed by atoms with Crippen LogP contribution in [0.3, 0.4) is 0 Å². The van der Waals surface area contributed by atoms with Crippen LogP contribution in [0.25, 0.3) is 0 Å². The topological polar surface area (TPSA) is 60.9 Å². The molecule has 6 nitrogen and oxygen atoms in total. The third-order valence-electron chi connectivity index (χ3n) is 6.06. The highest BCUT2D eigenvalue weighted by molar-refractivity contribution is 7.89. The number of para-hydroxylation sites is 1. The summed E-state index contributed by atoms with van der Waals surface area (Å²) in [5.74, 6) is 0.0907. The molecule has 4 rings (SSSR count). The van der Waals surface area contributed by atoms with E-state index in [1.54, 1.807) is 10.4 Å². The zero-order valence-electron chi connectivity index (χ0n) is 17.7. The molecule has 1 fully saturated rings. The van der Waals surface area contributed by atoms with Gasteiger partial charge in [0.2, 0.25) is 15.9 Å². The van der Waals surface area contributed by atoms with E-state index in [1.165, 1.54) is 5.56 Å². The summed E-state index contributed by atoms with van der Waals surface area (Å²) in [6, 6.07) is 13.6. The van der Waals surface area contributed by atoms with Crippen LogP contribution >= 0.6 is 0 Å². The van der Waals surface area contributed by atoms with E-state index in [0.717, 1.165) is 36.2 Å². The van der Waals surface area contributed by atoms with Gasteiger partial charge >= 0.3 is 0 Å². The fourth-order valence-electron chi connectivity index (χ4n) is 4.32. The number of rotatable bonds is 4. The van der Waals surface area contributed by atoms with Gasteiger partial charge in [-0.3, -0.25) is 9.69 Å². The molecule has 2 heterocycles. The highest BCUT2D eigenvalue weighted by Crippen LogP contribution is 2.27. The molecule has 160 valence electrons. The summed E-state index contributed by atoms with van der Waals surface area (Å²) < 4.78 is 27.8. The van der Waals surface area contributed by atoms with Crippen LogP contribution in [0.5, 0.6) is 0 Å². The summed E-state index contributed by atoms with van der Waals surface area (Å²) in [6.07, 6.45) is 1.99. The predicted molar refractivity (Wildman–Crippen MR) is 118 cm³/mol. The fourth-order valence-corrected chi connectivity index (χ4v) is 6.05. The Morgan fingerprint density at radius 3 is 2.47 bits per heavy atom. The lowest BCUT2D eigenvalue weighted by molar-refractivity contribution is -0.120. The molecule has 0 unspecified atom stereocenters. The van der Waals surface area contributed by atoms with Gasteiger partial charge in [-0.2, -0.15) is 4.31 Å². The van der Waals surface area contributed by atoms with E-state index < -0.39 is 10.0 Å². The lowest BCUT2D eigenvalue weighted by Crippen LogP contribution is -2.52. The number of nitrogens with zero attached hydrogens (tertiary/aromatic N) is 3. The first-order chi connectivity index (χ1) is 14.4. The lowest BCUT2D eigenvalue weighted by atomic mass is 10.0. The van der Waals surface area contributed by atoms with Crippen LogP contribution in [0.4, 0.5) is 5.69 Å². The molecule has 0 aliphatic carbocycles. The van der Waals surface area contributed by atoms with Gasteiger partial charge in [-0.1, -0.05) is 30.3 Å². The number of carbonyl (C=O) groups is 1. The van der Waals surface area contributed by atoms with Crippen LogP contribution < -0.4 is 4.90 Å². The van der Waals surface area contributed by atoms with Crippen molar-refractivity contribution in [2.24, 2.45) is 0 Å². The van der Waals surface area contributed by atoms with Gasteiger partial charge in [0, 0.05) is 38.4 Å². The van der Waals surface area contributed by atoms with Gasteiger partial charge in [-0.25, -0.2) is 8.42 Å². The summed E-state index contributed by atoms with van der Waals surface area (Å²) in [6.45, 7) is 6.73. The van der Waals surface area contributed by atoms with Gasteiger partial charge in [0.25, 0.3) is 0 Å². The molecule has 0 radical (unpaired) electrons. The second kappa shape index (κ2) is 8.49. The van der Waals surface area contributed by atoms with Crippen LogP contribution in [0.15, 0.2) is 47.4 Å². The highest BCUT2D eigenvalue weighted by atomic mass is 32.2. The molecule has 1 amide bonds. The molecule has 7 heteroatoms. The highest BCUT2D eigenvalue weighted by Gasteiger charge is 2.31. The van der Waals surface area contributed by atoms with Crippen LogP contribution in [0.1, 0.15) is 23.1 Å². The zero-order chi connectivity index (χ0) is 21.3. The van der Waals surface area contributed by atoms with E-state index in [9.17, 15) is 13.2 Å². The monoisotopic (exact) mass is 427 g/mol. The lowest BCUT2D eigenvalue weighted by Gasteiger charge is -2.36. The van der Waals surface area contributed by atoms with E-state index in [-0.39, 0.29) is 5.91 Å². The summed E-state index contributed by atoms with van der Waals surface area (Å²) in [5, 5.41) is 0. The summed E-state index contributed by atoms with van der Waals surface area (Å²) in [5.41, 5.74) is 3.94. The van der Waals surface area contributed by atoms with E-state index in [0.29, 0.717) is 37.6 Å². The van der Waals surface area contributed by atoms with E-state index >= 15 is 0 Å². The van der Waals surface area contributed by atoms with Crippen LogP contribution in [-0.4, -0.2) is 62.8 Å². The Morgan fingerprint density at radius 1 is 0.967 bits per heavy atom. The van der Waals surface area contributed by atoms with Crippen molar-refractivity contribution in [2.45, 2.75) is 31.6 Å². The van der Waals surface area contributed by atoms with Crippen molar-refractivity contribution in [3.05, 3.63) is 59.2 Å². The van der Waals surface area contributed by atoms with E-state index in [2.05, 4.69) is 11.0 Å². The van der Waals surface area contributed by atoms with Crippen molar-refractivity contribution < 1.29 is 13.2 Å². The minimum absolute atomic E-state index is 0.0907. The van der Waals surface area contributed by atoms with Gasteiger partial charge in [0.15, 0.2) is 0 Å². The summed E-state index contributed by atoms with van der Waals surface area (Å²) in [4.78, 5) is 17.3. The number of anilines is 1. The average molecular weight is 428 g/mol. The molecule has 2 aromatic rings. The van der Waals surface area contributed by atoms with Crippen molar-refractivity contribution >= 4 is 21.6 Å². The molecular weight excluding hydrogens is 398 g/mol. The molecule has 2 aliphatic heterocycles. The number of fused-ring (bicyclic) bond motifs is 1. The molecule has 30 heavy (non-hydrogen) atoms. The van der Waals surface area contributed by atoms with Gasteiger partial charge in [-0.15, -0.1) is 0 Å². The molecule has 2 aliphatic rings. The second-order valence-electron chi connectivity index (χ2n) is 8.23. The standard InChI is InChI=1S/C23H29N3O3S/c1-18-9-10-19(2)22(16-18)30(28,29)25-14-12-24(13-15-25)17-23(27)26-11-5-7-20-6-3-4-8-21(20)26/h3-4,6,8-10,16H,5,7,11-15,17H2,1-2H3. The second-order valence-corrected chi connectivity index (χ2v) is 10.1. The van der Waals surface area contributed by atoms with E-state index in [1.807, 2.05) is 49.1 Å². The first-order valence-corrected chi connectivity index (χ1v) is 12.0. The van der Waals surface area contributed by atoms with Gasteiger partial charge in [-0.05, 0) is 55.5 Å². The summed E-state index contributed by atoms with van der Waals surface area (Å²) >= 11 is 0. The minimum atomic E-state index is -3.52. The SMILES string of the molecule is Cc1ccc(C)c(S(=O)(=O)N2CCN(CC(=O)N3CCCc4ccccc43)CC2)c1. The smallest absolute Gasteiger partial charge is 0.243 e. The van der Waals surface area contributed by atoms with Crippen molar-refractivity contribution in [1.29, 1.82) is 0 Å². The Bertz CT molecular complexity index is 1040. The molecule has 0 saturated carbocycles. The van der Waals surface area contributed by atoms with Crippen molar-refractivity contribution in [3.8, 4) is 0 Å². The zero-order valence-corrected chi connectivity index (χ0v) is 18.5. The Morgan fingerprint density at radius 2 is 1.70 bits per heavy atom. The quantitative estimate of drug-likeness (QED) is 0.753. The molecule has 0 spiro atoms. The Labute approximate surface area is 179 Å². The largest absolute Gasteiger partial charge is 0.311 e. The van der Waals surface area contributed by atoms with Crippen LogP contribution in [0.2, 0.25) is 0 Å². The normalized spacial score (nSPS) is 18.3. The molecule has 1 saturated heterocycles. The Kier molecular flexibility index (Phi) is 5.95. The number of benzene rings is 2. The summed E-state index contributed by atoms with van der Waals surface area (Å²) in [7, 11) is -3.52. The molecule has 0 aromatic heterocycles. The van der Waals surface area contributed by atoms with Gasteiger partial charge in [0.1, 0.15) is 0 Å². The number of amides is 1. The van der Waals surface area contributed by atoms with E-state index in [4.69, 9.17) is 0 Å². The molecule has 0 N–H and O–H groups in total. The number of sulfonamides is 1. The Hall–Kier alpha value is -2.22. The number of piperazine rings is 1. The third-order valence-corrected chi connectivity index (χ3v) is 8.10. The minimum Gasteiger partial charge on any atom is -0.311 e. The van der Waals surface area contributed by atoms with Gasteiger partial charge in [0.05, 0.1) is 11.4 Å². The molecular formula is C23H29N3O3S. The van der Waals surface area contributed by atoms with Crippen LogP contribution in [-0.2, 0) is 21.2 Å². The fraction of sp³-hybridized carbons (Fsp3) is 0.435. The Balaban J connectivity index is 1.40. The maximum atomic E-state index is 13.1. The number of hydrogen-bond acceptors (Lipinski definition) is 4. The first kappa shape index (κ1) is 21.0. The van der Waals surface area contributed by atoms with Crippen molar-refractivity contribution in [2.75, 3.05) is 44.2 Å².